The largest absolute Gasteiger partial charge is 0.369 e. The van der Waals surface area contributed by atoms with E-state index in [0.717, 1.165) is 0 Å². The third-order valence-electron chi connectivity index (χ3n) is 2.81. The summed E-state index contributed by atoms with van der Waals surface area (Å²) < 4.78 is 1.89. The lowest BCUT2D eigenvalue weighted by atomic mass is 10.1. The van der Waals surface area contributed by atoms with E-state index in [4.69, 9.17) is 11.5 Å². The van der Waals surface area contributed by atoms with E-state index in [9.17, 15) is 10.1 Å². The number of pyridine rings is 1. The van der Waals surface area contributed by atoms with Crippen molar-refractivity contribution in [2.75, 3.05) is 0 Å². The highest BCUT2D eigenvalue weighted by molar-refractivity contribution is 6.00. The van der Waals surface area contributed by atoms with Gasteiger partial charge in [0.05, 0.1) is 4.92 Å². The van der Waals surface area contributed by atoms with E-state index in [1.54, 1.807) is 12.1 Å². The van der Waals surface area contributed by atoms with Gasteiger partial charge in [-0.3, -0.25) is 10.1 Å². The van der Waals surface area contributed by atoms with Crippen LogP contribution in [0.1, 0.15) is 5.56 Å². The lowest BCUT2D eigenvalue weighted by Crippen LogP contribution is -2.37. The molecule has 4 N–H and O–H groups in total. The topological polar surface area (TPSA) is 124 Å². The van der Waals surface area contributed by atoms with Crippen LogP contribution in [0.25, 0.3) is 0 Å². The maximum absolute atomic E-state index is 10.7. The molecule has 1 aromatic carbocycles. The lowest BCUT2D eigenvalue weighted by molar-refractivity contribution is -0.681. The van der Waals surface area contributed by atoms with Crippen LogP contribution in [0.2, 0.25) is 0 Å². The number of nitrogens with two attached hydrogens (primary N) is 2. The Morgan fingerprint density at radius 1 is 1.09 bits per heavy atom. The van der Waals surface area contributed by atoms with Crippen molar-refractivity contribution in [2.24, 2.45) is 21.7 Å². The van der Waals surface area contributed by atoms with Gasteiger partial charge in [0.15, 0.2) is 18.9 Å². The molecular formula is C14H15N6O2+. The molecule has 0 saturated carbocycles. The summed E-state index contributed by atoms with van der Waals surface area (Å²) in [6.07, 6.45) is 3.74. The Kier molecular flexibility index (Phi) is 4.76. The molecular weight excluding hydrogens is 284 g/mol. The van der Waals surface area contributed by atoms with Gasteiger partial charge in [0, 0.05) is 29.8 Å². The molecule has 0 unspecified atom stereocenters. The van der Waals surface area contributed by atoms with Gasteiger partial charge in [-0.1, -0.05) is 6.07 Å². The first-order valence-corrected chi connectivity index (χ1v) is 6.40. The Hall–Kier alpha value is -3.29. The number of hydrogen-bond acceptors (Lipinski definition) is 4. The predicted molar refractivity (Wildman–Crippen MR) is 82.1 cm³/mol. The Bertz CT molecular complexity index is 706. The van der Waals surface area contributed by atoms with E-state index >= 15 is 0 Å². The van der Waals surface area contributed by atoms with E-state index < -0.39 is 4.92 Å². The van der Waals surface area contributed by atoms with Crippen molar-refractivity contribution >= 4 is 17.4 Å². The second-order valence-electron chi connectivity index (χ2n) is 4.42. The minimum atomic E-state index is -0.456. The first-order valence-electron chi connectivity index (χ1n) is 6.40. The van der Waals surface area contributed by atoms with E-state index in [1.807, 2.05) is 35.2 Å². The predicted octanol–water partition coefficient (Wildman–Crippen LogP) is 0.560. The van der Waals surface area contributed by atoms with Gasteiger partial charge in [0.1, 0.15) is 5.71 Å². The van der Waals surface area contributed by atoms with Crippen LogP contribution in [0, 0.1) is 10.1 Å². The highest BCUT2D eigenvalue weighted by Gasteiger charge is 2.12. The lowest BCUT2D eigenvalue weighted by Gasteiger charge is -2.02. The molecule has 0 spiro atoms. The highest BCUT2D eigenvalue weighted by Crippen LogP contribution is 2.13. The van der Waals surface area contributed by atoms with Crippen LogP contribution in [0.3, 0.4) is 0 Å². The summed E-state index contributed by atoms with van der Waals surface area (Å²) in [5.41, 5.74) is 11.9. The zero-order chi connectivity index (χ0) is 15.9. The molecule has 0 aliphatic carbocycles. The van der Waals surface area contributed by atoms with E-state index in [2.05, 4.69) is 10.2 Å². The van der Waals surface area contributed by atoms with Gasteiger partial charge in [0.25, 0.3) is 5.69 Å². The van der Waals surface area contributed by atoms with Crippen LogP contribution >= 0.6 is 0 Å². The second-order valence-corrected chi connectivity index (χ2v) is 4.42. The van der Waals surface area contributed by atoms with Crippen LogP contribution in [-0.2, 0) is 6.54 Å². The van der Waals surface area contributed by atoms with Crippen LogP contribution in [0.4, 0.5) is 5.69 Å². The zero-order valence-corrected chi connectivity index (χ0v) is 11.7. The summed E-state index contributed by atoms with van der Waals surface area (Å²) >= 11 is 0. The molecule has 112 valence electrons. The number of aromatic nitrogens is 1. The highest BCUT2D eigenvalue weighted by atomic mass is 16.6. The van der Waals surface area contributed by atoms with Crippen molar-refractivity contribution in [3.63, 3.8) is 0 Å². The fraction of sp³-hybridized carbons (Fsp3) is 0.0714. The zero-order valence-electron chi connectivity index (χ0n) is 11.7. The van der Waals surface area contributed by atoms with Crippen molar-refractivity contribution in [1.82, 2.24) is 0 Å². The van der Waals surface area contributed by atoms with E-state index in [-0.39, 0.29) is 11.6 Å². The summed E-state index contributed by atoms with van der Waals surface area (Å²) in [5.74, 6) is -0.155. The number of nitro groups is 1. The van der Waals surface area contributed by atoms with Gasteiger partial charge in [-0.05, 0) is 12.1 Å². The maximum atomic E-state index is 10.7. The van der Waals surface area contributed by atoms with Crippen molar-refractivity contribution in [3.8, 4) is 0 Å². The van der Waals surface area contributed by atoms with E-state index in [0.29, 0.717) is 17.8 Å². The van der Waals surface area contributed by atoms with Gasteiger partial charge in [0.2, 0.25) is 5.96 Å². The van der Waals surface area contributed by atoms with Crippen LogP contribution in [0.5, 0.6) is 0 Å². The normalized spacial score (nSPS) is 11.0. The molecule has 0 atom stereocenters. The van der Waals surface area contributed by atoms with Crippen LogP contribution < -0.4 is 16.0 Å². The van der Waals surface area contributed by atoms with Crippen LogP contribution in [-0.4, -0.2) is 16.6 Å². The molecule has 8 nitrogen and oxygen atoms in total. The second kappa shape index (κ2) is 6.93. The summed E-state index contributed by atoms with van der Waals surface area (Å²) in [5, 5.41) is 18.4. The molecule has 8 heteroatoms. The molecule has 0 amide bonds. The Labute approximate surface area is 126 Å². The smallest absolute Gasteiger partial charge is 0.269 e. The monoisotopic (exact) mass is 299 g/mol. The quantitative estimate of drug-likeness (QED) is 0.275. The molecule has 0 bridgehead atoms. The van der Waals surface area contributed by atoms with Crippen molar-refractivity contribution < 1.29 is 9.49 Å². The average Bonchev–Trinajstić information content (AvgIpc) is 2.52. The summed E-state index contributed by atoms with van der Waals surface area (Å²) in [6, 6.07) is 11.7. The average molecular weight is 299 g/mol. The van der Waals surface area contributed by atoms with Crippen LogP contribution in [0.15, 0.2) is 65.1 Å². The molecule has 0 aliphatic rings. The number of nitrogens with zero attached hydrogens (tertiary/aromatic N) is 4. The number of hydrogen-bond donors (Lipinski definition) is 2. The standard InChI is InChI=1S/C14H15N6O2/c15-14(16)18-17-13(10-19-8-2-1-3-9-19)11-4-6-12(7-5-11)20(21)22/h1-9H,10H2,(H4,15,16,18)/q+1/b17-13-. The molecule has 1 aromatic heterocycles. The van der Waals surface area contributed by atoms with Gasteiger partial charge < -0.3 is 11.5 Å². The molecule has 0 fully saturated rings. The van der Waals surface area contributed by atoms with Gasteiger partial charge in [-0.2, -0.15) is 4.57 Å². The Morgan fingerprint density at radius 2 is 1.73 bits per heavy atom. The van der Waals surface area contributed by atoms with Crippen molar-refractivity contribution in [2.45, 2.75) is 6.54 Å². The SMILES string of the molecule is NC(N)=N/N=C(/C[n+]1ccccc1)c1ccc([N+](=O)[O-])cc1. The molecule has 2 aromatic rings. The number of nitro benzene ring substituents is 1. The number of benzene rings is 1. The summed E-state index contributed by atoms with van der Waals surface area (Å²) in [4.78, 5) is 10.2. The van der Waals surface area contributed by atoms with Crippen molar-refractivity contribution in [1.29, 1.82) is 0 Å². The minimum absolute atomic E-state index is 0.0114. The number of non-ortho nitro benzene ring substituents is 1. The van der Waals surface area contributed by atoms with E-state index in [1.165, 1.54) is 12.1 Å². The number of guanidine groups is 1. The number of rotatable bonds is 5. The molecule has 1 heterocycles. The first-order chi connectivity index (χ1) is 10.6. The summed E-state index contributed by atoms with van der Waals surface area (Å²) in [6.45, 7) is 0.426. The Morgan fingerprint density at radius 3 is 2.27 bits per heavy atom. The van der Waals surface area contributed by atoms with Gasteiger partial charge in [-0.15, -0.1) is 10.2 Å². The fourth-order valence-electron chi connectivity index (χ4n) is 1.79. The fourth-order valence-corrected chi connectivity index (χ4v) is 1.79. The molecule has 0 saturated heterocycles. The third kappa shape index (κ3) is 4.10. The van der Waals surface area contributed by atoms with Gasteiger partial charge >= 0.3 is 0 Å². The summed E-state index contributed by atoms with van der Waals surface area (Å²) in [7, 11) is 0. The van der Waals surface area contributed by atoms with Gasteiger partial charge in [-0.25, -0.2) is 0 Å². The van der Waals surface area contributed by atoms with Crippen molar-refractivity contribution in [3.05, 3.63) is 70.5 Å². The molecule has 2 rings (SSSR count). The minimum Gasteiger partial charge on any atom is -0.369 e. The molecule has 0 radical (unpaired) electrons. The first kappa shape index (κ1) is 15.1. The molecule has 22 heavy (non-hydrogen) atoms. The Balaban J connectivity index is 2.34. The molecule has 0 aliphatic heterocycles. The maximum Gasteiger partial charge on any atom is 0.269 e. The third-order valence-corrected chi connectivity index (χ3v) is 2.81.